The molecule has 10 heteroatoms. The highest BCUT2D eigenvalue weighted by molar-refractivity contribution is 7.99. The van der Waals surface area contributed by atoms with Crippen LogP contribution >= 0.6 is 11.8 Å². The Bertz CT molecular complexity index is 812. The van der Waals surface area contributed by atoms with E-state index in [4.69, 9.17) is 14.4 Å². The summed E-state index contributed by atoms with van der Waals surface area (Å²) < 4.78 is 12.4. The zero-order valence-corrected chi connectivity index (χ0v) is 16.2. The van der Waals surface area contributed by atoms with Crippen LogP contribution in [0.5, 0.6) is 0 Å². The van der Waals surface area contributed by atoms with Gasteiger partial charge in [0.2, 0.25) is 0 Å². The Balaban J connectivity index is 1.90. The van der Waals surface area contributed by atoms with E-state index in [1.807, 2.05) is 17.6 Å². The van der Waals surface area contributed by atoms with Gasteiger partial charge in [-0.2, -0.15) is 5.26 Å². The molecule has 27 heavy (non-hydrogen) atoms. The van der Waals surface area contributed by atoms with Gasteiger partial charge < -0.3 is 14.1 Å². The normalized spacial score (nSPS) is 11.6. The summed E-state index contributed by atoms with van der Waals surface area (Å²) in [6, 6.07) is 5.52. The number of furan rings is 1. The molecule has 1 amide bonds. The molecule has 0 unspecified atom stereocenters. The summed E-state index contributed by atoms with van der Waals surface area (Å²) >= 11 is 1.18. The number of nitriles is 1. The Morgan fingerprint density at radius 1 is 1.48 bits per heavy atom. The van der Waals surface area contributed by atoms with Gasteiger partial charge >= 0.3 is 5.97 Å². The Kier molecular flexibility index (Phi) is 7.43. The van der Waals surface area contributed by atoms with Crippen LogP contribution in [0.2, 0.25) is 0 Å². The second-order valence-corrected chi connectivity index (χ2v) is 6.56. The lowest BCUT2D eigenvalue weighted by atomic mass is 10.3. The molecular weight excluding hydrogens is 370 g/mol. The van der Waals surface area contributed by atoms with E-state index in [-0.39, 0.29) is 18.1 Å². The van der Waals surface area contributed by atoms with Gasteiger partial charge in [-0.05, 0) is 26.0 Å². The van der Waals surface area contributed by atoms with Crippen LogP contribution < -0.4 is 0 Å². The lowest BCUT2D eigenvalue weighted by Gasteiger charge is -2.20. The third-order valence-electron chi connectivity index (χ3n) is 3.68. The van der Waals surface area contributed by atoms with Gasteiger partial charge in [0.25, 0.3) is 5.91 Å². The van der Waals surface area contributed by atoms with Crippen molar-refractivity contribution in [1.82, 2.24) is 19.7 Å². The number of likely N-dealkylation sites (N-methyl/N-ethyl adjacent to an activating group) is 1. The predicted molar refractivity (Wildman–Crippen MR) is 97.5 cm³/mol. The van der Waals surface area contributed by atoms with Crippen LogP contribution in [0.1, 0.15) is 20.3 Å². The molecule has 0 aromatic carbocycles. The minimum atomic E-state index is -0.912. The highest BCUT2D eigenvalue weighted by atomic mass is 32.2. The number of ether oxygens (including phenoxy) is 1. The molecule has 0 aliphatic heterocycles. The fourth-order valence-corrected chi connectivity index (χ4v) is 3.10. The number of esters is 1. The summed E-state index contributed by atoms with van der Waals surface area (Å²) in [5, 5.41) is 17.3. The maximum atomic E-state index is 12.1. The number of carbonyl (C=O) groups excluding carboxylic acids is 2. The molecule has 2 aromatic rings. The van der Waals surface area contributed by atoms with Crippen molar-refractivity contribution in [2.24, 2.45) is 0 Å². The first-order valence-electron chi connectivity index (χ1n) is 8.39. The standard InChI is InChI=1S/C17H21N5O4S/c1-4-22-15(13-7-5-10-25-13)19-20-17(22)27-11-14(23)26-12(2)16(24)21(3)9-6-8-18/h5,7,10,12H,4,6,9,11H2,1-3H3/t12-/m0/s1. The summed E-state index contributed by atoms with van der Waals surface area (Å²) in [7, 11) is 1.57. The molecule has 0 spiro atoms. The van der Waals surface area contributed by atoms with Gasteiger partial charge in [-0.1, -0.05) is 11.8 Å². The Labute approximate surface area is 161 Å². The molecule has 2 rings (SSSR count). The third kappa shape index (κ3) is 5.34. The lowest BCUT2D eigenvalue weighted by Crippen LogP contribution is -2.38. The van der Waals surface area contributed by atoms with E-state index >= 15 is 0 Å². The van der Waals surface area contributed by atoms with Crippen molar-refractivity contribution in [3.05, 3.63) is 18.4 Å². The molecule has 2 heterocycles. The summed E-state index contributed by atoms with van der Waals surface area (Å²) in [4.78, 5) is 25.5. The molecule has 0 aliphatic carbocycles. The maximum absolute atomic E-state index is 12.1. The predicted octanol–water partition coefficient (Wildman–Crippen LogP) is 1.95. The summed E-state index contributed by atoms with van der Waals surface area (Å²) in [5.74, 6) is 0.301. The molecule has 0 aliphatic rings. The Morgan fingerprint density at radius 2 is 2.26 bits per heavy atom. The second-order valence-electron chi connectivity index (χ2n) is 5.62. The quantitative estimate of drug-likeness (QED) is 0.471. The van der Waals surface area contributed by atoms with Gasteiger partial charge in [-0.3, -0.25) is 14.2 Å². The molecule has 0 bridgehead atoms. The fourth-order valence-electron chi connectivity index (χ4n) is 2.31. The minimum Gasteiger partial charge on any atom is -0.461 e. The van der Waals surface area contributed by atoms with E-state index < -0.39 is 12.1 Å². The molecule has 9 nitrogen and oxygen atoms in total. The monoisotopic (exact) mass is 391 g/mol. The first-order chi connectivity index (χ1) is 13.0. The third-order valence-corrected chi connectivity index (χ3v) is 4.63. The zero-order chi connectivity index (χ0) is 19.8. The van der Waals surface area contributed by atoms with E-state index in [2.05, 4.69) is 10.2 Å². The van der Waals surface area contributed by atoms with Gasteiger partial charge in [0.05, 0.1) is 24.5 Å². The van der Waals surface area contributed by atoms with Crippen molar-refractivity contribution in [2.45, 2.75) is 38.1 Å². The van der Waals surface area contributed by atoms with Crippen LogP contribution in [0.3, 0.4) is 0 Å². The van der Waals surface area contributed by atoms with Crippen LogP contribution in [0, 0.1) is 11.3 Å². The number of amides is 1. The van der Waals surface area contributed by atoms with Gasteiger partial charge in [-0.25, -0.2) is 0 Å². The largest absolute Gasteiger partial charge is 0.461 e. The molecule has 0 radical (unpaired) electrons. The summed E-state index contributed by atoms with van der Waals surface area (Å²) in [6.45, 7) is 4.35. The number of thioether (sulfide) groups is 1. The smallest absolute Gasteiger partial charge is 0.317 e. The Hall–Kier alpha value is -2.80. The van der Waals surface area contributed by atoms with Gasteiger partial charge in [-0.15, -0.1) is 10.2 Å². The molecule has 0 saturated heterocycles. The molecular formula is C17H21N5O4S. The van der Waals surface area contributed by atoms with Crippen LogP contribution in [0.15, 0.2) is 28.0 Å². The van der Waals surface area contributed by atoms with Gasteiger partial charge in [0.15, 0.2) is 22.8 Å². The molecule has 0 N–H and O–H groups in total. The number of aromatic nitrogens is 3. The van der Waals surface area contributed by atoms with E-state index in [1.54, 1.807) is 25.4 Å². The average Bonchev–Trinajstić information content (AvgIpc) is 3.32. The summed E-state index contributed by atoms with van der Waals surface area (Å²) in [5.41, 5.74) is 0. The number of carbonyl (C=O) groups is 2. The van der Waals surface area contributed by atoms with Crippen molar-refractivity contribution in [3.8, 4) is 17.7 Å². The van der Waals surface area contributed by atoms with E-state index in [0.717, 1.165) is 0 Å². The van der Waals surface area contributed by atoms with Crippen LogP contribution in [-0.2, 0) is 20.9 Å². The van der Waals surface area contributed by atoms with Crippen LogP contribution in [-0.4, -0.2) is 57.0 Å². The molecule has 0 saturated carbocycles. The number of hydrogen-bond acceptors (Lipinski definition) is 8. The molecule has 0 fully saturated rings. The average molecular weight is 391 g/mol. The van der Waals surface area contributed by atoms with Crippen molar-refractivity contribution < 1.29 is 18.7 Å². The highest BCUT2D eigenvalue weighted by Crippen LogP contribution is 2.24. The number of hydrogen-bond donors (Lipinski definition) is 0. The fraction of sp³-hybridized carbons (Fsp3) is 0.471. The van der Waals surface area contributed by atoms with Gasteiger partial charge in [0, 0.05) is 20.1 Å². The SMILES string of the molecule is CCn1c(SCC(=O)O[C@@H](C)C(=O)N(C)CCC#N)nnc1-c1ccco1. The first-order valence-corrected chi connectivity index (χ1v) is 9.37. The van der Waals surface area contributed by atoms with Gasteiger partial charge in [0.1, 0.15) is 0 Å². The van der Waals surface area contributed by atoms with Crippen LogP contribution in [0.25, 0.3) is 11.6 Å². The lowest BCUT2D eigenvalue weighted by molar-refractivity contribution is -0.156. The first kappa shape index (κ1) is 20.5. The van der Waals surface area contributed by atoms with Crippen molar-refractivity contribution in [2.75, 3.05) is 19.3 Å². The van der Waals surface area contributed by atoms with Crippen molar-refractivity contribution >= 4 is 23.6 Å². The molecule has 1 atom stereocenters. The van der Waals surface area contributed by atoms with Crippen LogP contribution in [0.4, 0.5) is 0 Å². The Morgan fingerprint density at radius 3 is 2.89 bits per heavy atom. The van der Waals surface area contributed by atoms with Crippen molar-refractivity contribution in [1.29, 1.82) is 5.26 Å². The van der Waals surface area contributed by atoms with E-state index in [1.165, 1.54) is 23.6 Å². The zero-order valence-electron chi connectivity index (χ0n) is 15.4. The molecule has 2 aromatic heterocycles. The van der Waals surface area contributed by atoms with E-state index in [9.17, 15) is 9.59 Å². The minimum absolute atomic E-state index is 0.00415. The summed E-state index contributed by atoms with van der Waals surface area (Å²) in [6.07, 6.45) is 0.869. The number of nitrogens with zero attached hydrogens (tertiary/aromatic N) is 5. The second kappa shape index (κ2) is 9.78. The molecule has 144 valence electrons. The number of rotatable bonds is 9. The highest BCUT2D eigenvalue weighted by Gasteiger charge is 2.22. The van der Waals surface area contributed by atoms with E-state index in [0.29, 0.717) is 29.8 Å². The maximum Gasteiger partial charge on any atom is 0.317 e. The van der Waals surface area contributed by atoms with Crippen molar-refractivity contribution in [3.63, 3.8) is 0 Å². The topological polar surface area (TPSA) is 114 Å².